The number of carbonyl (C=O) groups excluding carboxylic acids is 1. The Kier molecular flexibility index (Phi) is 4.11. The molecule has 0 saturated carbocycles. The van der Waals surface area contributed by atoms with E-state index in [1.54, 1.807) is 43.3 Å². The molecule has 4 heteroatoms. The zero-order valence-corrected chi connectivity index (χ0v) is 11.3. The number of benzene rings is 1. The summed E-state index contributed by atoms with van der Waals surface area (Å²) in [6, 6.07) is 12.5. The van der Waals surface area contributed by atoms with E-state index in [-0.39, 0.29) is 6.10 Å². The lowest BCUT2D eigenvalue weighted by Gasteiger charge is -2.13. The van der Waals surface area contributed by atoms with Crippen molar-refractivity contribution in [3.8, 4) is 6.07 Å². The van der Waals surface area contributed by atoms with E-state index in [0.29, 0.717) is 11.1 Å². The van der Waals surface area contributed by atoms with Gasteiger partial charge in [0.25, 0.3) is 0 Å². The van der Waals surface area contributed by atoms with Gasteiger partial charge in [0.05, 0.1) is 17.2 Å². The minimum absolute atomic E-state index is 0.378. The lowest BCUT2D eigenvalue weighted by molar-refractivity contribution is 0.0337. The van der Waals surface area contributed by atoms with Crippen LogP contribution in [0.5, 0.6) is 0 Å². The van der Waals surface area contributed by atoms with Crippen molar-refractivity contribution in [2.45, 2.75) is 20.0 Å². The Morgan fingerprint density at radius 3 is 2.50 bits per heavy atom. The fourth-order valence-electron chi connectivity index (χ4n) is 1.71. The number of aromatic nitrogens is 1. The molecule has 2 rings (SSSR count). The molecular weight excluding hydrogens is 252 g/mol. The SMILES string of the molecule is Cc1ccc(C(=O)OC(C)c2ccc(C#N)cc2)cn1. The normalized spacial score (nSPS) is 11.4. The first-order chi connectivity index (χ1) is 9.60. The van der Waals surface area contributed by atoms with Gasteiger partial charge < -0.3 is 4.74 Å². The maximum Gasteiger partial charge on any atom is 0.340 e. The molecule has 0 radical (unpaired) electrons. The number of pyridine rings is 1. The van der Waals surface area contributed by atoms with Gasteiger partial charge in [-0.2, -0.15) is 5.26 Å². The highest BCUT2D eigenvalue weighted by Crippen LogP contribution is 2.19. The van der Waals surface area contributed by atoms with E-state index in [1.807, 2.05) is 13.0 Å². The topological polar surface area (TPSA) is 63.0 Å². The number of rotatable bonds is 3. The van der Waals surface area contributed by atoms with Gasteiger partial charge in [-0.3, -0.25) is 4.98 Å². The molecule has 0 N–H and O–H groups in total. The molecule has 0 bridgehead atoms. The molecule has 0 fully saturated rings. The molecule has 0 spiro atoms. The minimum atomic E-state index is -0.408. The van der Waals surface area contributed by atoms with E-state index >= 15 is 0 Å². The third-order valence-electron chi connectivity index (χ3n) is 2.94. The average molecular weight is 266 g/mol. The van der Waals surface area contributed by atoms with Gasteiger partial charge in [-0.25, -0.2) is 4.79 Å². The number of esters is 1. The molecule has 1 unspecified atom stereocenters. The number of hydrogen-bond acceptors (Lipinski definition) is 4. The Morgan fingerprint density at radius 1 is 1.25 bits per heavy atom. The van der Waals surface area contributed by atoms with Crippen molar-refractivity contribution in [3.63, 3.8) is 0 Å². The fraction of sp³-hybridized carbons (Fsp3) is 0.188. The number of aryl methyl sites for hydroxylation is 1. The number of hydrogen-bond donors (Lipinski definition) is 0. The van der Waals surface area contributed by atoms with E-state index in [1.165, 1.54) is 6.20 Å². The van der Waals surface area contributed by atoms with Crippen LogP contribution in [-0.4, -0.2) is 11.0 Å². The van der Waals surface area contributed by atoms with E-state index in [2.05, 4.69) is 4.98 Å². The van der Waals surface area contributed by atoms with Gasteiger partial charge in [0.15, 0.2) is 0 Å². The highest BCUT2D eigenvalue weighted by Gasteiger charge is 2.13. The predicted octanol–water partition coefficient (Wildman–Crippen LogP) is 3.18. The second kappa shape index (κ2) is 5.98. The first-order valence-corrected chi connectivity index (χ1v) is 6.24. The molecule has 100 valence electrons. The van der Waals surface area contributed by atoms with Crippen LogP contribution in [0.4, 0.5) is 0 Å². The van der Waals surface area contributed by atoms with Crippen LogP contribution in [0.3, 0.4) is 0 Å². The zero-order valence-electron chi connectivity index (χ0n) is 11.3. The van der Waals surface area contributed by atoms with Crippen molar-refractivity contribution in [1.82, 2.24) is 4.98 Å². The number of nitrogens with zero attached hydrogens (tertiary/aromatic N) is 2. The molecule has 4 nitrogen and oxygen atoms in total. The van der Waals surface area contributed by atoms with Crippen molar-refractivity contribution in [2.75, 3.05) is 0 Å². The van der Waals surface area contributed by atoms with Gasteiger partial charge in [-0.15, -0.1) is 0 Å². The first-order valence-electron chi connectivity index (χ1n) is 6.24. The van der Waals surface area contributed by atoms with Gasteiger partial charge in [0.1, 0.15) is 6.10 Å². The summed E-state index contributed by atoms with van der Waals surface area (Å²) in [4.78, 5) is 16.0. The molecule has 1 aromatic carbocycles. The van der Waals surface area contributed by atoms with Gasteiger partial charge in [0.2, 0.25) is 0 Å². The monoisotopic (exact) mass is 266 g/mol. The third-order valence-corrected chi connectivity index (χ3v) is 2.94. The summed E-state index contributed by atoms with van der Waals surface area (Å²) in [6.45, 7) is 3.65. The van der Waals surface area contributed by atoms with Crippen molar-refractivity contribution in [2.24, 2.45) is 0 Å². The Balaban J connectivity index is 2.06. The maximum atomic E-state index is 11.9. The summed E-state index contributed by atoms with van der Waals surface area (Å²) in [5, 5.41) is 8.74. The number of nitriles is 1. The lowest BCUT2D eigenvalue weighted by Crippen LogP contribution is -2.09. The van der Waals surface area contributed by atoms with Gasteiger partial charge >= 0.3 is 5.97 Å². The molecule has 20 heavy (non-hydrogen) atoms. The summed E-state index contributed by atoms with van der Waals surface area (Å²) < 4.78 is 5.37. The summed E-state index contributed by atoms with van der Waals surface area (Å²) in [5.41, 5.74) is 2.70. The van der Waals surface area contributed by atoms with Gasteiger partial charge in [-0.1, -0.05) is 12.1 Å². The second-order valence-electron chi connectivity index (χ2n) is 4.47. The maximum absolute atomic E-state index is 11.9. The molecular formula is C16H14N2O2. The number of carbonyl (C=O) groups is 1. The largest absolute Gasteiger partial charge is 0.454 e. The Hall–Kier alpha value is -2.67. The molecule has 0 amide bonds. The van der Waals surface area contributed by atoms with Crippen molar-refractivity contribution >= 4 is 5.97 Å². The number of ether oxygens (including phenoxy) is 1. The smallest absolute Gasteiger partial charge is 0.340 e. The van der Waals surface area contributed by atoms with Crippen LogP contribution in [0.1, 0.15) is 40.2 Å². The minimum Gasteiger partial charge on any atom is -0.454 e. The van der Waals surface area contributed by atoms with Crippen molar-refractivity contribution in [1.29, 1.82) is 5.26 Å². The van der Waals surface area contributed by atoms with Crippen molar-refractivity contribution < 1.29 is 9.53 Å². The van der Waals surface area contributed by atoms with Crippen LogP contribution in [0, 0.1) is 18.3 Å². The molecule has 0 saturated heterocycles. The molecule has 1 heterocycles. The standard InChI is InChI=1S/C16H14N2O2/c1-11-3-6-15(10-18-11)16(19)20-12(2)14-7-4-13(9-17)5-8-14/h3-8,10,12H,1-2H3. The third kappa shape index (κ3) is 3.21. The Morgan fingerprint density at radius 2 is 1.95 bits per heavy atom. The van der Waals surface area contributed by atoms with Crippen LogP contribution in [-0.2, 0) is 4.74 Å². The van der Waals surface area contributed by atoms with Crippen LogP contribution in [0.15, 0.2) is 42.6 Å². The van der Waals surface area contributed by atoms with Gasteiger partial charge in [0, 0.05) is 11.9 Å². The van der Waals surface area contributed by atoms with Crippen LogP contribution in [0.25, 0.3) is 0 Å². The highest BCUT2D eigenvalue weighted by molar-refractivity contribution is 5.89. The highest BCUT2D eigenvalue weighted by atomic mass is 16.5. The van der Waals surface area contributed by atoms with Crippen LogP contribution >= 0.6 is 0 Å². The van der Waals surface area contributed by atoms with E-state index in [0.717, 1.165) is 11.3 Å². The fourth-order valence-corrected chi connectivity index (χ4v) is 1.71. The molecule has 2 aromatic rings. The summed E-state index contributed by atoms with van der Waals surface area (Å²) in [6.07, 6.45) is 1.12. The lowest BCUT2D eigenvalue weighted by atomic mass is 10.1. The van der Waals surface area contributed by atoms with Crippen LogP contribution in [0.2, 0.25) is 0 Å². The molecule has 0 aliphatic carbocycles. The van der Waals surface area contributed by atoms with E-state index < -0.39 is 5.97 Å². The van der Waals surface area contributed by atoms with E-state index in [4.69, 9.17) is 10.00 Å². The summed E-state index contributed by atoms with van der Waals surface area (Å²) in [5.74, 6) is -0.408. The molecule has 0 aliphatic heterocycles. The predicted molar refractivity (Wildman–Crippen MR) is 74.0 cm³/mol. The second-order valence-corrected chi connectivity index (χ2v) is 4.47. The molecule has 1 aromatic heterocycles. The molecule has 0 aliphatic rings. The van der Waals surface area contributed by atoms with Gasteiger partial charge in [-0.05, 0) is 43.7 Å². The summed E-state index contributed by atoms with van der Waals surface area (Å²) in [7, 11) is 0. The first kappa shape index (κ1) is 13.8. The quantitative estimate of drug-likeness (QED) is 0.800. The van der Waals surface area contributed by atoms with E-state index in [9.17, 15) is 4.79 Å². The Labute approximate surface area is 117 Å². The average Bonchev–Trinajstić information content (AvgIpc) is 2.48. The zero-order chi connectivity index (χ0) is 14.5. The Bertz CT molecular complexity index is 640. The van der Waals surface area contributed by atoms with Crippen LogP contribution < -0.4 is 0 Å². The molecule has 1 atom stereocenters. The van der Waals surface area contributed by atoms with Crippen molar-refractivity contribution in [3.05, 3.63) is 65.0 Å². The summed E-state index contributed by atoms with van der Waals surface area (Å²) >= 11 is 0.